The molecule has 3 N–H and O–H groups in total. The van der Waals surface area contributed by atoms with Gasteiger partial charge in [-0.3, -0.25) is 0 Å². The Labute approximate surface area is 98.1 Å². The van der Waals surface area contributed by atoms with Crippen molar-refractivity contribution >= 4 is 0 Å². The first-order chi connectivity index (χ1) is 7.82. The second-order valence-electron chi connectivity index (χ2n) is 5.96. The summed E-state index contributed by atoms with van der Waals surface area (Å²) in [7, 11) is 0. The van der Waals surface area contributed by atoms with Gasteiger partial charge in [-0.1, -0.05) is 0 Å². The van der Waals surface area contributed by atoms with Crippen LogP contribution in [0, 0.1) is 11.3 Å². The molecule has 0 radical (unpaired) electrons. The summed E-state index contributed by atoms with van der Waals surface area (Å²) >= 11 is 0. The summed E-state index contributed by atoms with van der Waals surface area (Å²) in [4.78, 5) is 0. The number of ether oxygens (including phenoxy) is 1. The molecule has 0 bridgehead atoms. The first-order valence-electron chi connectivity index (χ1n) is 6.89. The van der Waals surface area contributed by atoms with E-state index in [4.69, 9.17) is 10.5 Å². The molecule has 1 aliphatic heterocycles. The minimum absolute atomic E-state index is 0.324. The highest BCUT2D eigenvalue weighted by atomic mass is 16.5. The van der Waals surface area contributed by atoms with E-state index in [9.17, 15) is 0 Å². The molecule has 2 atom stereocenters. The second kappa shape index (κ2) is 4.28. The number of rotatable bonds is 6. The van der Waals surface area contributed by atoms with E-state index in [1.54, 1.807) is 0 Å². The minimum atomic E-state index is 0.324. The third kappa shape index (κ3) is 2.27. The van der Waals surface area contributed by atoms with Gasteiger partial charge in [0.25, 0.3) is 0 Å². The molecule has 2 unspecified atom stereocenters. The SMILES string of the molecule is NCC1CCC(CNCC2(C3CC3)CC2)O1. The van der Waals surface area contributed by atoms with Crippen molar-refractivity contribution in [3.8, 4) is 0 Å². The van der Waals surface area contributed by atoms with E-state index in [0.29, 0.717) is 24.2 Å². The van der Waals surface area contributed by atoms with Crippen molar-refractivity contribution < 1.29 is 4.74 Å². The van der Waals surface area contributed by atoms with Gasteiger partial charge in [-0.2, -0.15) is 0 Å². The van der Waals surface area contributed by atoms with Gasteiger partial charge in [-0.05, 0) is 49.9 Å². The van der Waals surface area contributed by atoms with Gasteiger partial charge in [0.05, 0.1) is 12.2 Å². The van der Waals surface area contributed by atoms with Crippen molar-refractivity contribution in [2.75, 3.05) is 19.6 Å². The molecular weight excluding hydrogens is 200 g/mol. The largest absolute Gasteiger partial charge is 0.372 e. The standard InChI is InChI=1S/C13H24N2O/c14-7-11-3-4-12(16-11)8-15-9-13(5-6-13)10-1-2-10/h10-12,15H,1-9,14H2. The van der Waals surface area contributed by atoms with Crippen LogP contribution in [0.3, 0.4) is 0 Å². The maximum absolute atomic E-state index is 5.83. The van der Waals surface area contributed by atoms with E-state index in [1.165, 1.54) is 38.6 Å². The Balaban J connectivity index is 1.35. The molecule has 3 rings (SSSR count). The highest BCUT2D eigenvalue weighted by molar-refractivity contribution is 5.05. The van der Waals surface area contributed by atoms with Gasteiger partial charge in [0.2, 0.25) is 0 Å². The fraction of sp³-hybridized carbons (Fsp3) is 1.00. The van der Waals surface area contributed by atoms with Crippen LogP contribution >= 0.6 is 0 Å². The van der Waals surface area contributed by atoms with Crippen molar-refractivity contribution in [1.82, 2.24) is 5.32 Å². The molecule has 3 nitrogen and oxygen atoms in total. The third-order valence-electron chi connectivity index (χ3n) is 4.64. The second-order valence-corrected chi connectivity index (χ2v) is 5.96. The van der Waals surface area contributed by atoms with Crippen molar-refractivity contribution in [2.45, 2.75) is 50.7 Å². The summed E-state index contributed by atoms with van der Waals surface area (Å²) in [5, 5.41) is 3.63. The first kappa shape index (κ1) is 11.0. The van der Waals surface area contributed by atoms with E-state index in [1.807, 2.05) is 0 Å². The molecule has 0 spiro atoms. The quantitative estimate of drug-likeness (QED) is 0.714. The molecule has 2 aliphatic carbocycles. The Morgan fingerprint density at radius 2 is 1.88 bits per heavy atom. The lowest BCUT2D eigenvalue weighted by Gasteiger charge is -2.18. The smallest absolute Gasteiger partial charge is 0.0704 e. The maximum Gasteiger partial charge on any atom is 0.0704 e. The van der Waals surface area contributed by atoms with Crippen LogP contribution in [0.2, 0.25) is 0 Å². The molecule has 2 saturated carbocycles. The molecule has 1 saturated heterocycles. The zero-order valence-corrected chi connectivity index (χ0v) is 10.1. The molecular formula is C13H24N2O. The molecule has 0 aromatic rings. The third-order valence-corrected chi connectivity index (χ3v) is 4.64. The van der Waals surface area contributed by atoms with Crippen molar-refractivity contribution in [3.05, 3.63) is 0 Å². The fourth-order valence-corrected chi connectivity index (χ4v) is 3.17. The molecule has 0 aromatic carbocycles. The summed E-state index contributed by atoms with van der Waals surface area (Å²) in [6, 6.07) is 0. The van der Waals surface area contributed by atoms with Crippen LogP contribution in [0.15, 0.2) is 0 Å². The number of hydrogen-bond donors (Lipinski definition) is 2. The van der Waals surface area contributed by atoms with E-state index in [2.05, 4.69) is 5.32 Å². The summed E-state index contributed by atoms with van der Waals surface area (Å²) in [6.07, 6.45) is 8.97. The summed E-state index contributed by atoms with van der Waals surface area (Å²) in [5.74, 6) is 1.06. The molecule has 1 heterocycles. The number of nitrogens with two attached hydrogens (primary N) is 1. The first-order valence-corrected chi connectivity index (χ1v) is 6.89. The molecule has 16 heavy (non-hydrogen) atoms. The Morgan fingerprint density at radius 1 is 1.12 bits per heavy atom. The Morgan fingerprint density at radius 3 is 2.44 bits per heavy atom. The van der Waals surface area contributed by atoms with E-state index in [0.717, 1.165) is 18.9 Å². The average Bonchev–Trinajstić information content (AvgIpc) is 3.17. The van der Waals surface area contributed by atoms with Crippen LogP contribution in [-0.4, -0.2) is 31.8 Å². The Kier molecular flexibility index (Phi) is 2.94. The van der Waals surface area contributed by atoms with Crippen LogP contribution in [0.4, 0.5) is 0 Å². The van der Waals surface area contributed by atoms with Crippen LogP contribution < -0.4 is 11.1 Å². The van der Waals surface area contributed by atoms with E-state index < -0.39 is 0 Å². The van der Waals surface area contributed by atoms with Crippen molar-refractivity contribution in [2.24, 2.45) is 17.1 Å². The minimum Gasteiger partial charge on any atom is -0.372 e. The monoisotopic (exact) mass is 224 g/mol. The molecule has 0 aromatic heterocycles. The molecule has 3 heteroatoms. The summed E-state index contributed by atoms with van der Waals surface area (Å²) in [6.45, 7) is 2.94. The Hall–Kier alpha value is -0.120. The van der Waals surface area contributed by atoms with E-state index in [-0.39, 0.29) is 0 Å². The van der Waals surface area contributed by atoms with Gasteiger partial charge >= 0.3 is 0 Å². The zero-order chi connectivity index (χ0) is 11.0. The van der Waals surface area contributed by atoms with Gasteiger partial charge in [-0.25, -0.2) is 0 Å². The number of nitrogens with one attached hydrogen (secondary N) is 1. The van der Waals surface area contributed by atoms with Gasteiger partial charge < -0.3 is 15.8 Å². The highest BCUT2D eigenvalue weighted by Crippen LogP contribution is 2.60. The number of hydrogen-bond acceptors (Lipinski definition) is 3. The molecule has 3 aliphatic rings. The summed E-state index contributed by atoms with van der Waals surface area (Å²) < 4.78 is 5.83. The lowest BCUT2D eigenvalue weighted by molar-refractivity contribution is 0.0497. The average molecular weight is 224 g/mol. The van der Waals surface area contributed by atoms with Gasteiger partial charge in [0, 0.05) is 19.6 Å². The van der Waals surface area contributed by atoms with Crippen LogP contribution in [0.25, 0.3) is 0 Å². The van der Waals surface area contributed by atoms with E-state index >= 15 is 0 Å². The van der Waals surface area contributed by atoms with Crippen LogP contribution in [0.1, 0.15) is 38.5 Å². The maximum atomic E-state index is 5.83. The topological polar surface area (TPSA) is 47.3 Å². The van der Waals surface area contributed by atoms with Gasteiger partial charge in [0.15, 0.2) is 0 Å². The normalized spacial score (nSPS) is 36.6. The zero-order valence-electron chi connectivity index (χ0n) is 10.1. The summed E-state index contributed by atoms with van der Waals surface area (Å²) in [5.41, 5.74) is 6.32. The fourth-order valence-electron chi connectivity index (χ4n) is 3.17. The predicted octanol–water partition coefficient (Wildman–Crippen LogP) is 1.27. The van der Waals surface area contributed by atoms with Crippen LogP contribution in [0.5, 0.6) is 0 Å². The molecule has 92 valence electrons. The Bertz CT molecular complexity index is 248. The lowest BCUT2D eigenvalue weighted by atomic mass is 10.0. The highest BCUT2D eigenvalue weighted by Gasteiger charge is 2.53. The lowest BCUT2D eigenvalue weighted by Crippen LogP contribution is -2.33. The molecule has 0 amide bonds. The van der Waals surface area contributed by atoms with Gasteiger partial charge in [-0.15, -0.1) is 0 Å². The van der Waals surface area contributed by atoms with Crippen molar-refractivity contribution in [3.63, 3.8) is 0 Å². The van der Waals surface area contributed by atoms with Crippen molar-refractivity contribution in [1.29, 1.82) is 0 Å². The predicted molar refractivity (Wildman–Crippen MR) is 64.2 cm³/mol. The molecule has 3 fully saturated rings. The van der Waals surface area contributed by atoms with Gasteiger partial charge in [0.1, 0.15) is 0 Å². The van der Waals surface area contributed by atoms with Crippen LogP contribution in [-0.2, 0) is 4.74 Å².